The highest BCUT2D eigenvalue weighted by atomic mass is 15.3. The van der Waals surface area contributed by atoms with Crippen molar-refractivity contribution in [3.63, 3.8) is 0 Å². The highest BCUT2D eigenvalue weighted by molar-refractivity contribution is 5.71. The Morgan fingerprint density at radius 1 is 1.16 bits per heavy atom. The van der Waals surface area contributed by atoms with E-state index in [1.165, 1.54) is 0 Å². The number of nitrogens with zero attached hydrogens (tertiary/aromatic N) is 4. The molecule has 96 valence electrons. The number of nitrogen functional groups attached to an aromatic ring is 1. The molecule has 0 amide bonds. The van der Waals surface area contributed by atoms with Crippen molar-refractivity contribution in [2.24, 2.45) is 0 Å². The first-order valence-electron chi connectivity index (χ1n) is 6.21. The summed E-state index contributed by atoms with van der Waals surface area (Å²) in [6.07, 6.45) is 5.56. The molecule has 1 aromatic carbocycles. The normalized spacial score (nSPS) is 10.8. The van der Waals surface area contributed by atoms with E-state index in [-0.39, 0.29) is 0 Å². The topological polar surface area (TPSA) is 61.7 Å². The van der Waals surface area contributed by atoms with Crippen molar-refractivity contribution in [1.82, 2.24) is 19.6 Å². The Balaban J connectivity index is 1.99. The summed E-state index contributed by atoms with van der Waals surface area (Å²) in [5.74, 6) is 0. The molecular weight excluding hydrogens is 238 g/mol. The summed E-state index contributed by atoms with van der Waals surface area (Å²) in [6, 6.07) is 9.96. The van der Waals surface area contributed by atoms with Gasteiger partial charge in [0.2, 0.25) is 0 Å². The van der Waals surface area contributed by atoms with Crippen LogP contribution in [0.15, 0.2) is 48.9 Å². The Labute approximate surface area is 111 Å². The van der Waals surface area contributed by atoms with Gasteiger partial charge in [0.15, 0.2) is 0 Å². The number of anilines is 1. The fourth-order valence-electron chi connectivity index (χ4n) is 1.99. The monoisotopic (exact) mass is 253 g/mol. The van der Waals surface area contributed by atoms with Crippen LogP contribution in [0, 0.1) is 0 Å². The van der Waals surface area contributed by atoms with Gasteiger partial charge < -0.3 is 5.73 Å². The minimum Gasteiger partial charge on any atom is -0.396 e. The maximum atomic E-state index is 5.98. The fraction of sp³-hybridized carbons (Fsp3) is 0.143. The SMILES string of the molecule is CCn1cc(N)c(-c2cnn(-c3ccccc3)c2)n1. The van der Waals surface area contributed by atoms with Crippen LogP contribution in [-0.4, -0.2) is 19.6 Å². The predicted octanol–water partition coefficient (Wildman–Crippen LogP) is 2.34. The van der Waals surface area contributed by atoms with Gasteiger partial charge in [-0.25, -0.2) is 4.68 Å². The number of aromatic nitrogens is 4. The Kier molecular flexibility index (Phi) is 2.79. The van der Waals surface area contributed by atoms with E-state index in [1.807, 2.05) is 59.0 Å². The Morgan fingerprint density at radius 3 is 2.63 bits per heavy atom. The van der Waals surface area contributed by atoms with Gasteiger partial charge in [-0.2, -0.15) is 10.2 Å². The zero-order valence-corrected chi connectivity index (χ0v) is 10.7. The Morgan fingerprint density at radius 2 is 1.95 bits per heavy atom. The zero-order valence-electron chi connectivity index (χ0n) is 10.7. The van der Waals surface area contributed by atoms with Crippen molar-refractivity contribution in [2.75, 3.05) is 5.73 Å². The summed E-state index contributed by atoms with van der Waals surface area (Å²) < 4.78 is 3.64. The van der Waals surface area contributed by atoms with E-state index in [0.29, 0.717) is 5.69 Å². The molecule has 0 spiro atoms. The summed E-state index contributed by atoms with van der Waals surface area (Å²) >= 11 is 0. The molecular formula is C14H15N5. The van der Waals surface area contributed by atoms with Gasteiger partial charge in [0.1, 0.15) is 5.69 Å². The lowest BCUT2D eigenvalue weighted by molar-refractivity contribution is 0.662. The fourth-order valence-corrected chi connectivity index (χ4v) is 1.99. The van der Waals surface area contributed by atoms with Gasteiger partial charge in [-0.1, -0.05) is 18.2 Å². The molecule has 0 atom stereocenters. The van der Waals surface area contributed by atoms with Gasteiger partial charge in [0, 0.05) is 24.5 Å². The summed E-state index contributed by atoms with van der Waals surface area (Å²) in [7, 11) is 0. The first kappa shape index (κ1) is 11.5. The van der Waals surface area contributed by atoms with Crippen LogP contribution in [-0.2, 0) is 6.54 Å². The van der Waals surface area contributed by atoms with E-state index < -0.39 is 0 Å². The van der Waals surface area contributed by atoms with Crippen LogP contribution in [0.2, 0.25) is 0 Å². The van der Waals surface area contributed by atoms with Crippen LogP contribution < -0.4 is 5.73 Å². The zero-order chi connectivity index (χ0) is 13.2. The van der Waals surface area contributed by atoms with Crippen molar-refractivity contribution in [3.05, 3.63) is 48.9 Å². The number of benzene rings is 1. The molecule has 2 heterocycles. The number of para-hydroxylation sites is 1. The lowest BCUT2D eigenvalue weighted by Crippen LogP contribution is -1.94. The molecule has 0 bridgehead atoms. The number of nitrogens with two attached hydrogens (primary N) is 1. The molecule has 3 aromatic rings. The van der Waals surface area contributed by atoms with Gasteiger partial charge in [0.25, 0.3) is 0 Å². The summed E-state index contributed by atoms with van der Waals surface area (Å²) in [4.78, 5) is 0. The van der Waals surface area contributed by atoms with Crippen LogP contribution >= 0.6 is 0 Å². The molecule has 0 radical (unpaired) electrons. The summed E-state index contributed by atoms with van der Waals surface area (Å²) in [6.45, 7) is 2.83. The molecule has 0 unspecified atom stereocenters. The second-order valence-corrected chi connectivity index (χ2v) is 4.30. The van der Waals surface area contributed by atoms with E-state index in [4.69, 9.17) is 5.73 Å². The second-order valence-electron chi connectivity index (χ2n) is 4.30. The highest BCUT2D eigenvalue weighted by Gasteiger charge is 2.10. The lowest BCUT2D eigenvalue weighted by Gasteiger charge is -1.98. The summed E-state index contributed by atoms with van der Waals surface area (Å²) in [5.41, 5.74) is 9.37. The van der Waals surface area contributed by atoms with Gasteiger partial charge in [-0.15, -0.1) is 0 Å². The van der Waals surface area contributed by atoms with Gasteiger partial charge in [-0.3, -0.25) is 4.68 Å². The van der Waals surface area contributed by atoms with E-state index in [0.717, 1.165) is 23.5 Å². The minimum absolute atomic E-state index is 0.675. The molecule has 5 heteroatoms. The van der Waals surface area contributed by atoms with Crippen molar-refractivity contribution in [1.29, 1.82) is 0 Å². The molecule has 5 nitrogen and oxygen atoms in total. The minimum atomic E-state index is 0.675. The molecule has 2 aromatic heterocycles. The molecule has 0 fully saturated rings. The van der Waals surface area contributed by atoms with Crippen LogP contribution in [0.4, 0.5) is 5.69 Å². The molecule has 0 saturated carbocycles. The van der Waals surface area contributed by atoms with E-state index in [1.54, 1.807) is 6.20 Å². The second kappa shape index (κ2) is 4.61. The Bertz CT molecular complexity index is 681. The maximum absolute atomic E-state index is 5.98. The molecule has 19 heavy (non-hydrogen) atoms. The predicted molar refractivity (Wildman–Crippen MR) is 74.9 cm³/mol. The van der Waals surface area contributed by atoms with E-state index in [2.05, 4.69) is 10.2 Å². The third kappa shape index (κ3) is 2.10. The first-order valence-corrected chi connectivity index (χ1v) is 6.21. The number of aryl methyl sites for hydroxylation is 1. The largest absolute Gasteiger partial charge is 0.396 e. The summed E-state index contributed by atoms with van der Waals surface area (Å²) in [5, 5.41) is 8.79. The standard InChI is InChI=1S/C14H15N5/c1-2-18-10-13(15)14(17-18)11-8-16-19(9-11)12-6-4-3-5-7-12/h3-10H,2,15H2,1H3. The van der Waals surface area contributed by atoms with Crippen molar-refractivity contribution in [2.45, 2.75) is 13.5 Å². The first-order chi connectivity index (χ1) is 9.28. The van der Waals surface area contributed by atoms with Crippen LogP contribution in [0.5, 0.6) is 0 Å². The van der Waals surface area contributed by atoms with Crippen LogP contribution in [0.3, 0.4) is 0 Å². The maximum Gasteiger partial charge on any atom is 0.118 e. The Hall–Kier alpha value is -2.56. The average molecular weight is 253 g/mol. The van der Waals surface area contributed by atoms with Crippen molar-refractivity contribution >= 4 is 5.69 Å². The molecule has 0 aliphatic carbocycles. The molecule has 0 aliphatic rings. The quantitative estimate of drug-likeness (QED) is 0.779. The van der Waals surface area contributed by atoms with Gasteiger partial charge in [-0.05, 0) is 19.1 Å². The third-order valence-corrected chi connectivity index (χ3v) is 2.99. The third-order valence-electron chi connectivity index (χ3n) is 2.99. The van der Waals surface area contributed by atoms with E-state index >= 15 is 0 Å². The van der Waals surface area contributed by atoms with Crippen molar-refractivity contribution in [3.8, 4) is 16.9 Å². The van der Waals surface area contributed by atoms with Crippen LogP contribution in [0.25, 0.3) is 16.9 Å². The molecule has 3 rings (SSSR count). The van der Waals surface area contributed by atoms with Gasteiger partial charge in [0.05, 0.1) is 17.6 Å². The lowest BCUT2D eigenvalue weighted by atomic mass is 10.2. The molecule has 0 saturated heterocycles. The average Bonchev–Trinajstić information content (AvgIpc) is 3.06. The number of hydrogen-bond donors (Lipinski definition) is 1. The number of hydrogen-bond acceptors (Lipinski definition) is 3. The molecule has 2 N–H and O–H groups in total. The number of rotatable bonds is 3. The van der Waals surface area contributed by atoms with Crippen molar-refractivity contribution < 1.29 is 0 Å². The van der Waals surface area contributed by atoms with E-state index in [9.17, 15) is 0 Å². The highest BCUT2D eigenvalue weighted by Crippen LogP contribution is 2.24. The molecule has 0 aliphatic heterocycles. The van der Waals surface area contributed by atoms with Gasteiger partial charge >= 0.3 is 0 Å². The van der Waals surface area contributed by atoms with Crippen LogP contribution in [0.1, 0.15) is 6.92 Å². The smallest absolute Gasteiger partial charge is 0.118 e.